The molecule has 2 nitrogen and oxygen atoms in total. The van der Waals surface area contributed by atoms with Gasteiger partial charge in [-0.15, -0.1) is 0 Å². The molecule has 2 heterocycles. The van der Waals surface area contributed by atoms with Crippen LogP contribution in [-0.4, -0.2) is 9.55 Å². The molecular formula is C45H32N2. The standard InChI is InChI=1S/C45H32N2/c1-29-25-40(45-30(2)23-24-46-41(45)26-29)36-15-9-17-37-35(36)16-10-18-42(37)47-43-21-19-33(31-11-5-3-6-12-31)27-38(43)39-28-34(20-22-44(39)47)32-13-7-4-8-14-32/h3-28H,1-2H3. The first kappa shape index (κ1) is 27.3. The van der Waals surface area contributed by atoms with Crippen molar-refractivity contribution in [1.29, 1.82) is 0 Å². The molecule has 7 aromatic carbocycles. The Kier molecular flexibility index (Phi) is 6.29. The molecular weight excluding hydrogens is 569 g/mol. The van der Waals surface area contributed by atoms with Gasteiger partial charge in [0.25, 0.3) is 0 Å². The van der Waals surface area contributed by atoms with Crippen molar-refractivity contribution in [2.45, 2.75) is 13.8 Å². The highest BCUT2D eigenvalue weighted by Gasteiger charge is 2.18. The maximum absolute atomic E-state index is 4.75. The lowest BCUT2D eigenvalue weighted by Crippen LogP contribution is -1.96. The molecule has 9 aromatic rings. The van der Waals surface area contributed by atoms with E-state index in [1.54, 1.807) is 0 Å². The maximum atomic E-state index is 4.75. The predicted octanol–water partition coefficient (Wildman–Crippen LogP) is 12.1. The first-order valence-electron chi connectivity index (χ1n) is 16.2. The summed E-state index contributed by atoms with van der Waals surface area (Å²) in [4.78, 5) is 4.75. The minimum Gasteiger partial charge on any atom is -0.309 e. The van der Waals surface area contributed by atoms with Crippen molar-refractivity contribution in [1.82, 2.24) is 9.55 Å². The predicted molar refractivity (Wildman–Crippen MR) is 199 cm³/mol. The van der Waals surface area contributed by atoms with Crippen LogP contribution in [0.4, 0.5) is 0 Å². The lowest BCUT2D eigenvalue weighted by molar-refractivity contribution is 1.20. The summed E-state index contributed by atoms with van der Waals surface area (Å²) in [6, 6.07) is 55.3. The minimum atomic E-state index is 1.04. The second-order valence-electron chi connectivity index (χ2n) is 12.5. The molecule has 0 N–H and O–H groups in total. The van der Waals surface area contributed by atoms with Crippen LogP contribution in [0.2, 0.25) is 0 Å². The Balaban J connectivity index is 1.34. The first-order valence-corrected chi connectivity index (χ1v) is 16.2. The van der Waals surface area contributed by atoms with Gasteiger partial charge in [0.15, 0.2) is 0 Å². The van der Waals surface area contributed by atoms with Gasteiger partial charge < -0.3 is 4.57 Å². The summed E-state index contributed by atoms with van der Waals surface area (Å²) >= 11 is 0. The quantitative estimate of drug-likeness (QED) is 0.196. The van der Waals surface area contributed by atoms with Crippen LogP contribution in [0.5, 0.6) is 0 Å². The van der Waals surface area contributed by atoms with Crippen molar-refractivity contribution >= 4 is 43.5 Å². The lowest BCUT2D eigenvalue weighted by Gasteiger charge is -2.16. The zero-order chi connectivity index (χ0) is 31.5. The summed E-state index contributed by atoms with van der Waals surface area (Å²) < 4.78 is 2.46. The minimum absolute atomic E-state index is 1.04. The molecule has 0 spiro atoms. The van der Waals surface area contributed by atoms with Crippen LogP contribution in [0, 0.1) is 13.8 Å². The van der Waals surface area contributed by atoms with E-state index in [0.717, 1.165) is 5.52 Å². The molecule has 0 fully saturated rings. The molecule has 2 heteroatoms. The van der Waals surface area contributed by atoms with Gasteiger partial charge in [0, 0.05) is 27.7 Å². The number of aryl methyl sites for hydroxylation is 2. The molecule has 2 aromatic heterocycles. The molecule has 0 atom stereocenters. The van der Waals surface area contributed by atoms with Crippen LogP contribution >= 0.6 is 0 Å². The normalized spacial score (nSPS) is 11.6. The Morgan fingerprint density at radius 3 is 1.72 bits per heavy atom. The van der Waals surface area contributed by atoms with Crippen LogP contribution in [0.15, 0.2) is 158 Å². The van der Waals surface area contributed by atoms with Crippen LogP contribution in [0.3, 0.4) is 0 Å². The van der Waals surface area contributed by atoms with Gasteiger partial charge in [-0.3, -0.25) is 4.98 Å². The number of nitrogens with zero attached hydrogens (tertiary/aromatic N) is 2. The topological polar surface area (TPSA) is 17.8 Å². The molecule has 0 aliphatic carbocycles. The molecule has 0 bridgehead atoms. The first-order chi connectivity index (χ1) is 23.1. The molecule has 0 amide bonds. The second kappa shape index (κ2) is 10.8. The highest BCUT2D eigenvalue weighted by Crippen LogP contribution is 2.41. The van der Waals surface area contributed by atoms with E-state index in [9.17, 15) is 0 Å². The van der Waals surface area contributed by atoms with E-state index < -0.39 is 0 Å². The molecule has 0 aliphatic heterocycles. The number of pyridine rings is 1. The van der Waals surface area contributed by atoms with Crippen LogP contribution in [0.1, 0.15) is 11.1 Å². The van der Waals surface area contributed by atoms with Gasteiger partial charge >= 0.3 is 0 Å². The zero-order valence-corrected chi connectivity index (χ0v) is 26.4. The molecule has 47 heavy (non-hydrogen) atoms. The fourth-order valence-electron chi connectivity index (χ4n) is 7.44. The Morgan fingerprint density at radius 2 is 1.06 bits per heavy atom. The van der Waals surface area contributed by atoms with Gasteiger partial charge in [-0.1, -0.05) is 109 Å². The van der Waals surface area contributed by atoms with E-state index in [1.807, 2.05) is 6.20 Å². The van der Waals surface area contributed by atoms with Gasteiger partial charge in [-0.2, -0.15) is 0 Å². The number of rotatable bonds is 4. The van der Waals surface area contributed by atoms with Crippen molar-refractivity contribution in [2.24, 2.45) is 0 Å². The smallest absolute Gasteiger partial charge is 0.0713 e. The monoisotopic (exact) mass is 600 g/mol. The van der Waals surface area contributed by atoms with E-state index in [2.05, 4.69) is 170 Å². The zero-order valence-electron chi connectivity index (χ0n) is 26.4. The van der Waals surface area contributed by atoms with E-state index >= 15 is 0 Å². The third-order valence-corrected chi connectivity index (χ3v) is 9.60. The Hall–Kier alpha value is -5.99. The Labute approximate surface area is 274 Å². The number of fused-ring (bicyclic) bond motifs is 5. The van der Waals surface area contributed by atoms with Gasteiger partial charge in [-0.05, 0) is 106 Å². The third kappa shape index (κ3) is 4.45. The number of aromatic nitrogens is 2. The largest absolute Gasteiger partial charge is 0.309 e. The molecule has 0 unspecified atom stereocenters. The summed E-state index contributed by atoms with van der Waals surface area (Å²) in [7, 11) is 0. The molecule has 0 radical (unpaired) electrons. The summed E-state index contributed by atoms with van der Waals surface area (Å²) in [5.41, 5.74) is 14.4. The number of benzene rings is 7. The molecule has 9 rings (SSSR count). The lowest BCUT2D eigenvalue weighted by atomic mass is 9.92. The summed E-state index contributed by atoms with van der Waals surface area (Å²) in [6.45, 7) is 4.35. The van der Waals surface area contributed by atoms with Crippen molar-refractivity contribution in [3.63, 3.8) is 0 Å². The average Bonchev–Trinajstić information content (AvgIpc) is 3.44. The van der Waals surface area contributed by atoms with Crippen LogP contribution in [0.25, 0.3) is 82.5 Å². The van der Waals surface area contributed by atoms with Crippen LogP contribution in [-0.2, 0) is 0 Å². The Bertz CT molecular complexity index is 2530. The maximum Gasteiger partial charge on any atom is 0.0713 e. The van der Waals surface area contributed by atoms with Gasteiger partial charge in [-0.25, -0.2) is 0 Å². The third-order valence-electron chi connectivity index (χ3n) is 9.60. The second-order valence-corrected chi connectivity index (χ2v) is 12.5. The number of hydrogen-bond acceptors (Lipinski definition) is 1. The molecule has 0 saturated heterocycles. The fraction of sp³-hybridized carbons (Fsp3) is 0.0444. The van der Waals surface area contributed by atoms with Gasteiger partial charge in [0.05, 0.1) is 22.2 Å². The van der Waals surface area contributed by atoms with E-state index in [1.165, 1.54) is 88.2 Å². The summed E-state index contributed by atoms with van der Waals surface area (Å²) in [6.07, 6.45) is 1.91. The highest BCUT2D eigenvalue weighted by molar-refractivity contribution is 6.14. The highest BCUT2D eigenvalue weighted by atomic mass is 15.0. The van der Waals surface area contributed by atoms with Crippen molar-refractivity contribution in [3.8, 4) is 39.1 Å². The van der Waals surface area contributed by atoms with E-state index in [4.69, 9.17) is 4.98 Å². The molecule has 0 aliphatic rings. The van der Waals surface area contributed by atoms with E-state index in [0.29, 0.717) is 0 Å². The summed E-state index contributed by atoms with van der Waals surface area (Å²) in [5, 5.41) is 6.17. The van der Waals surface area contributed by atoms with Crippen molar-refractivity contribution in [2.75, 3.05) is 0 Å². The summed E-state index contributed by atoms with van der Waals surface area (Å²) in [5.74, 6) is 0. The fourth-order valence-corrected chi connectivity index (χ4v) is 7.44. The Morgan fingerprint density at radius 1 is 0.447 bits per heavy atom. The van der Waals surface area contributed by atoms with E-state index in [-0.39, 0.29) is 0 Å². The van der Waals surface area contributed by atoms with Crippen LogP contribution < -0.4 is 0 Å². The van der Waals surface area contributed by atoms with Crippen molar-refractivity contribution in [3.05, 3.63) is 169 Å². The number of hydrogen-bond donors (Lipinski definition) is 0. The van der Waals surface area contributed by atoms with Gasteiger partial charge in [0.2, 0.25) is 0 Å². The average molecular weight is 601 g/mol. The molecule has 0 saturated carbocycles. The van der Waals surface area contributed by atoms with Gasteiger partial charge in [0.1, 0.15) is 0 Å². The molecule has 222 valence electrons. The van der Waals surface area contributed by atoms with Crippen molar-refractivity contribution < 1.29 is 0 Å². The SMILES string of the molecule is Cc1cc(-c2cccc3c(-n4c5ccc(-c6ccccc6)cc5c5cc(-c6ccccc6)ccc54)cccc23)c2c(C)ccnc2c1.